The molecule has 3 N–H and O–H groups in total. The van der Waals surface area contributed by atoms with E-state index in [1.165, 1.54) is 0 Å². The Morgan fingerprint density at radius 1 is 1.21 bits per heavy atom. The van der Waals surface area contributed by atoms with Crippen molar-refractivity contribution in [2.45, 2.75) is 13.3 Å². The molecule has 0 radical (unpaired) electrons. The molecule has 5 heteroatoms. The number of rotatable bonds is 6. The molecule has 1 aromatic heterocycles. The fourth-order valence-electron chi connectivity index (χ4n) is 1.63. The summed E-state index contributed by atoms with van der Waals surface area (Å²) in [6.07, 6.45) is 0.764. The molecule has 0 aliphatic heterocycles. The molecule has 2 rings (SSSR count). The highest BCUT2D eigenvalue weighted by Crippen LogP contribution is 2.10. The van der Waals surface area contributed by atoms with Crippen molar-refractivity contribution in [2.24, 2.45) is 0 Å². The monoisotopic (exact) mass is 258 g/mol. The second kappa shape index (κ2) is 6.58. The summed E-state index contributed by atoms with van der Waals surface area (Å²) in [6, 6.07) is 11.4. The Bertz CT molecular complexity index is 516. The molecule has 1 heterocycles. The fourth-order valence-corrected chi connectivity index (χ4v) is 1.63. The van der Waals surface area contributed by atoms with Crippen molar-refractivity contribution in [1.82, 2.24) is 9.97 Å². The van der Waals surface area contributed by atoms with Gasteiger partial charge in [-0.15, -0.1) is 0 Å². The van der Waals surface area contributed by atoms with Gasteiger partial charge in [-0.05, 0) is 12.1 Å². The number of hydrogen-bond donors (Lipinski definition) is 2. The maximum atomic E-state index is 5.71. The summed E-state index contributed by atoms with van der Waals surface area (Å²) in [5.74, 6) is 2.83. The SMILES string of the molecule is CCc1nc(N)cc(NCCOc2ccccc2)n1. The Hall–Kier alpha value is -2.30. The second-order valence-electron chi connectivity index (χ2n) is 4.04. The van der Waals surface area contributed by atoms with Crippen LogP contribution in [0.3, 0.4) is 0 Å². The summed E-state index contributed by atoms with van der Waals surface area (Å²) in [5.41, 5.74) is 5.71. The molecule has 0 bridgehead atoms. The number of nitrogens with two attached hydrogens (primary N) is 1. The van der Waals surface area contributed by atoms with E-state index in [1.54, 1.807) is 6.07 Å². The smallest absolute Gasteiger partial charge is 0.132 e. The lowest BCUT2D eigenvalue weighted by Crippen LogP contribution is -2.13. The van der Waals surface area contributed by atoms with Gasteiger partial charge < -0.3 is 15.8 Å². The summed E-state index contributed by atoms with van der Waals surface area (Å²) >= 11 is 0. The minimum Gasteiger partial charge on any atom is -0.492 e. The Morgan fingerprint density at radius 2 is 2.00 bits per heavy atom. The number of aryl methyl sites for hydroxylation is 1. The first-order valence-electron chi connectivity index (χ1n) is 6.33. The van der Waals surface area contributed by atoms with Gasteiger partial charge >= 0.3 is 0 Å². The number of hydrogen-bond acceptors (Lipinski definition) is 5. The standard InChI is InChI=1S/C14H18N4O/c1-2-13-17-12(15)10-14(18-13)16-8-9-19-11-6-4-3-5-7-11/h3-7,10H,2,8-9H2,1H3,(H3,15,16,17,18). The normalized spacial score (nSPS) is 10.2. The van der Waals surface area contributed by atoms with Crippen LogP contribution in [0.25, 0.3) is 0 Å². The lowest BCUT2D eigenvalue weighted by Gasteiger charge is -2.09. The minimum atomic E-state index is 0.485. The van der Waals surface area contributed by atoms with Crippen LogP contribution in [-0.4, -0.2) is 23.1 Å². The van der Waals surface area contributed by atoms with Gasteiger partial charge in [0.25, 0.3) is 0 Å². The first-order valence-corrected chi connectivity index (χ1v) is 6.33. The maximum absolute atomic E-state index is 5.71. The van der Waals surface area contributed by atoms with E-state index in [-0.39, 0.29) is 0 Å². The minimum absolute atomic E-state index is 0.485. The molecule has 0 amide bonds. The van der Waals surface area contributed by atoms with Crippen molar-refractivity contribution < 1.29 is 4.74 Å². The Kier molecular flexibility index (Phi) is 4.55. The van der Waals surface area contributed by atoms with Gasteiger partial charge in [-0.2, -0.15) is 0 Å². The molecule has 0 aliphatic rings. The van der Waals surface area contributed by atoms with Crippen molar-refractivity contribution in [3.63, 3.8) is 0 Å². The zero-order valence-electron chi connectivity index (χ0n) is 11.0. The second-order valence-corrected chi connectivity index (χ2v) is 4.04. The van der Waals surface area contributed by atoms with Gasteiger partial charge in [-0.1, -0.05) is 25.1 Å². The van der Waals surface area contributed by atoms with E-state index in [1.807, 2.05) is 37.3 Å². The van der Waals surface area contributed by atoms with Gasteiger partial charge in [0.05, 0.1) is 6.54 Å². The van der Waals surface area contributed by atoms with Crippen molar-refractivity contribution in [3.8, 4) is 5.75 Å². The molecule has 19 heavy (non-hydrogen) atoms. The zero-order chi connectivity index (χ0) is 13.5. The quantitative estimate of drug-likeness (QED) is 0.776. The third kappa shape index (κ3) is 4.13. The predicted octanol–water partition coefficient (Wildman–Crippen LogP) is 2.11. The van der Waals surface area contributed by atoms with E-state index in [0.717, 1.165) is 23.8 Å². The van der Waals surface area contributed by atoms with E-state index in [2.05, 4.69) is 15.3 Å². The molecule has 0 saturated carbocycles. The van der Waals surface area contributed by atoms with E-state index >= 15 is 0 Å². The van der Waals surface area contributed by atoms with Crippen LogP contribution in [-0.2, 0) is 6.42 Å². The molecule has 0 fully saturated rings. The van der Waals surface area contributed by atoms with Crippen LogP contribution in [0, 0.1) is 0 Å². The lowest BCUT2D eigenvalue weighted by atomic mass is 10.3. The van der Waals surface area contributed by atoms with Crippen LogP contribution in [0.5, 0.6) is 5.75 Å². The van der Waals surface area contributed by atoms with E-state index in [4.69, 9.17) is 10.5 Å². The first-order chi connectivity index (χ1) is 9.28. The van der Waals surface area contributed by atoms with Crippen LogP contribution in [0.1, 0.15) is 12.7 Å². The largest absolute Gasteiger partial charge is 0.492 e. The van der Waals surface area contributed by atoms with Crippen LogP contribution in [0.4, 0.5) is 11.6 Å². The van der Waals surface area contributed by atoms with Crippen LogP contribution >= 0.6 is 0 Å². The molecule has 5 nitrogen and oxygen atoms in total. The highest BCUT2D eigenvalue weighted by atomic mass is 16.5. The summed E-state index contributed by atoms with van der Waals surface area (Å²) in [4.78, 5) is 8.46. The zero-order valence-corrected chi connectivity index (χ0v) is 11.0. The summed E-state index contributed by atoms with van der Waals surface area (Å²) in [5, 5.41) is 3.17. The number of aromatic nitrogens is 2. The Morgan fingerprint density at radius 3 is 2.74 bits per heavy atom. The lowest BCUT2D eigenvalue weighted by molar-refractivity contribution is 0.332. The molecule has 2 aromatic rings. The number of benzene rings is 1. The highest BCUT2D eigenvalue weighted by Gasteiger charge is 2.00. The molecular formula is C14H18N4O. The summed E-state index contributed by atoms with van der Waals surface area (Å²) in [6.45, 7) is 3.22. The van der Waals surface area contributed by atoms with Gasteiger partial charge in [-0.3, -0.25) is 0 Å². The van der Waals surface area contributed by atoms with E-state index in [0.29, 0.717) is 19.0 Å². The predicted molar refractivity (Wildman–Crippen MR) is 76.2 cm³/mol. The number of ether oxygens (including phenoxy) is 1. The molecule has 100 valence electrons. The highest BCUT2D eigenvalue weighted by molar-refractivity contribution is 5.44. The third-order valence-corrected chi connectivity index (χ3v) is 2.53. The average Bonchev–Trinajstić information content (AvgIpc) is 2.44. The Balaban J connectivity index is 1.81. The number of para-hydroxylation sites is 1. The summed E-state index contributed by atoms with van der Waals surface area (Å²) < 4.78 is 5.58. The van der Waals surface area contributed by atoms with Gasteiger partial charge in [0.15, 0.2) is 0 Å². The van der Waals surface area contributed by atoms with Crippen molar-refractivity contribution in [1.29, 1.82) is 0 Å². The number of nitrogens with zero attached hydrogens (tertiary/aromatic N) is 2. The fraction of sp³-hybridized carbons (Fsp3) is 0.286. The molecule has 0 atom stereocenters. The molecule has 0 unspecified atom stereocenters. The third-order valence-electron chi connectivity index (χ3n) is 2.53. The molecule has 1 aromatic carbocycles. The van der Waals surface area contributed by atoms with Crippen LogP contribution in [0.15, 0.2) is 36.4 Å². The van der Waals surface area contributed by atoms with Crippen molar-refractivity contribution in [3.05, 3.63) is 42.2 Å². The van der Waals surface area contributed by atoms with Gasteiger partial charge in [0.1, 0.15) is 29.8 Å². The van der Waals surface area contributed by atoms with Gasteiger partial charge in [0.2, 0.25) is 0 Å². The van der Waals surface area contributed by atoms with Crippen LogP contribution in [0.2, 0.25) is 0 Å². The molecule has 0 aliphatic carbocycles. The number of anilines is 2. The van der Waals surface area contributed by atoms with E-state index < -0.39 is 0 Å². The average molecular weight is 258 g/mol. The van der Waals surface area contributed by atoms with Gasteiger partial charge in [0, 0.05) is 12.5 Å². The molecular weight excluding hydrogens is 240 g/mol. The number of nitrogen functional groups attached to an aromatic ring is 1. The van der Waals surface area contributed by atoms with Crippen molar-refractivity contribution in [2.75, 3.05) is 24.2 Å². The molecule has 0 saturated heterocycles. The van der Waals surface area contributed by atoms with Gasteiger partial charge in [-0.25, -0.2) is 9.97 Å². The number of nitrogens with one attached hydrogen (secondary N) is 1. The van der Waals surface area contributed by atoms with Crippen molar-refractivity contribution >= 4 is 11.6 Å². The Labute approximate surface area is 112 Å². The molecule has 0 spiro atoms. The summed E-state index contributed by atoms with van der Waals surface area (Å²) in [7, 11) is 0. The maximum Gasteiger partial charge on any atom is 0.132 e. The topological polar surface area (TPSA) is 73.1 Å². The van der Waals surface area contributed by atoms with Crippen LogP contribution < -0.4 is 15.8 Å². The first kappa shape index (κ1) is 13.1. The van der Waals surface area contributed by atoms with E-state index in [9.17, 15) is 0 Å².